The van der Waals surface area contributed by atoms with E-state index >= 15 is 0 Å². The standard InChI is InChI=1S/C18H17N7O2S/c1-23-10-9-19-17(23)16(13-6-3-2-4-7-13)20-14(26)12-24-18(27)25(22-21-24)15-8-5-11-28-15/h2-11,16H,12H2,1H3,(H,20,26). The van der Waals surface area contributed by atoms with Gasteiger partial charge in [0, 0.05) is 19.4 Å². The quantitative estimate of drug-likeness (QED) is 0.528. The second-order valence-electron chi connectivity index (χ2n) is 6.09. The number of rotatable bonds is 6. The van der Waals surface area contributed by atoms with Gasteiger partial charge in [0.1, 0.15) is 23.4 Å². The molecule has 1 atom stereocenters. The van der Waals surface area contributed by atoms with Crippen molar-refractivity contribution in [2.75, 3.05) is 0 Å². The first-order valence-electron chi connectivity index (χ1n) is 8.51. The third kappa shape index (κ3) is 3.49. The number of hydrogen-bond donors (Lipinski definition) is 1. The zero-order chi connectivity index (χ0) is 19.5. The van der Waals surface area contributed by atoms with Crippen molar-refractivity contribution in [3.63, 3.8) is 0 Å². The van der Waals surface area contributed by atoms with Gasteiger partial charge in [0.2, 0.25) is 5.91 Å². The van der Waals surface area contributed by atoms with Gasteiger partial charge < -0.3 is 9.88 Å². The SMILES string of the molecule is Cn1ccnc1C(NC(=O)Cn1nnn(-c2cccs2)c1=O)c1ccccc1. The Kier molecular flexibility index (Phi) is 4.85. The molecule has 0 saturated carbocycles. The summed E-state index contributed by atoms with van der Waals surface area (Å²) in [5.74, 6) is 0.325. The van der Waals surface area contributed by atoms with Crippen LogP contribution >= 0.6 is 11.3 Å². The Morgan fingerprint density at radius 3 is 2.68 bits per heavy atom. The summed E-state index contributed by atoms with van der Waals surface area (Å²) in [7, 11) is 1.86. The van der Waals surface area contributed by atoms with Crippen molar-refractivity contribution in [1.82, 2.24) is 34.7 Å². The molecule has 3 aromatic heterocycles. The fraction of sp³-hybridized carbons (Fsp3) is 0.167. The predicted molar refractivity (Wildman–Crippen MR) is 103 cm³/mol. The monoisotopic (exact) mass is 395 g/mol. The number of nitrogens with zero attached hydrogens (tertiary/aromatic N) is 6. The molecule has 0 aliphatic rings. The van der Waals surface area contributed by atoms with E-state index in [1.165, 1.54) is 16.0 Å². The molecule has 4 rings (SSSR count). The number of aromatic nitrogens is 6. The highest BCUT2D eigenvalue weighted by Crippen LogP contribution is 2.20. The molecule has 0 saturated heterocycles. The third-order valence-corrected chi connectivity index (χ3v) is 5.05. The topological polar surface area (TPSA) is 99.6 Å². The van der Waals surface area contributed by atoms with Gasteiger partial charge in [-0.25, -0.2) is 9.78 Å². The average Bonchev–Trinajstić information content (AvgIpc) is 3.44. The minimum Gasteiger partial charge on any atom is -0.340 e. The van der Waals surface area contributed by atoms with Crippen molar-refractivity contribution < 1.29 is 4.79 Å². The molecule has 1 aromatic carbocycles. The first kappa shape index (κ1) is 17.9. The molecule has 0 bridgehead atoms. The molecule has 3 heterocycles. The molecule has 0 radical (unpaired) electrons. The summed E-state index contributed by atoms with van der Waals surface area (Å²) in [5, 5.41) is 13.1. The number of carbonyl (C=O) groups excluding carboxylic acids is 1. The van der Waals surface area contributed by atoms with Gasteiger partial charge in [-0.3, -0.25) is 4.79 Å². The molecular formula is C18H17N7O2S. The molecule has 1 amide bonds. The Labute approximate surface area is 163 Å². The van der Waals surface area contributed by atoms with Crippen molar-refractivity contribution in [3.8, 4) is 5.00 Å². The van der Waals surface area contributed by atoms with Gasteiger partial charge in [0.05, 0.1) is 0 Å². The minimum atomic E-state index is -0.467. The van der Waals surface area contributed by atoms with Gasteiger partial charge >= 0.3 is 5.69 Å². The van der Waals surface area contributed by atoms with Crippen molar-refractivity contribution in [2.24, 2.45) is 7.05 Å². The van der Waals surface area contributed by atoms with Crippen LogP contribution in [0.3, 0.4) is 0 Å². The van der Waals surface area contributed by atoms with Crippen LogP contribution in [0, 0.1) is 0 Å². The summed E-state index contributed by atoms with van der Waals surface area (Å²) in [6, 6.07) is 12.7. The molecule has 9 nitrogen and oxygen atoms in total. The van der Waals surface area contributed by atoms with E-state index in [1.54, 1.807) is 12.3 Å². The second kappa shape index (κ2) is 7.61. The third-order valence-electron chi connectivity index (χ3n) is 4.20. The van der Waals surface area contributed by atoms with E-state index < -0.39 is 11.7 Å². The molecule has 0 aliphatic carbocycles. The van der Waals surface area contributed by atoms with Crippen LogP contribution in [0.5, 0.6) is 0 Å². The maximum absolute atomic E-state index is 12.7. The Balaban J connectivity index is 1.56. The number of tetrazole rings is 1. The Morgan fingerprint density at radius 1 is 1.18 bits per heavy atom. The van der Waals surface area contributed by atoms with Crippen LogP contribution < -0.4 is 11.0 Å². The summed E-state index contributed by atoms with van der Waals surface area (Å²) in [6.45, 7) is -0.238. The molecule has 142 valence electrons. The largest absolute Gasteiger partial charge is 0.369 e. The number of carbonyl (C=O) groups is 1. The minimum absolute atomic E-state index is 0.238. The van der Waals surface area contributed by atoms with Gasteiger partial charge in [-0.2, -0.15) is 9.36 Å². The number of aryl methyl sites for hydroxylation is 1. The van der Waals surface area contributed by atoms with Crippen LogP contribution in [0.15, 0.2) is 65.0 Å². The molecule has 0 spiro atoms. The number of imidazole rings is 1. The summed E-state index contributed by atoms with van der Waals surface area (Å²) < 4.78 is 4.05. The zero-order valence-electron chi connectivity index (χ0n) is 15.0. The van der Waals surface area contributed by atoms with Gasteiger partial charge in [0.15, 0.2) is 0 Å². The van der Waals surface area contributed by atoms with Gasteiger partial charge in [0.25, 0.3) is 0 Å². The molecule has 10 heteroatoms. The number of thiophene rings is 1. The van der Waals surface area contributed by atoms with Gasteiger partial charge in [-0.05, 0) is 33.5 Å². The highest BCUT2D eigenvalue weighted by molar-refractivity contribution is 7.12. The van der Waals surface area contributed by atoms with Crippen LogP contribution in [0.1, 0.15) is 17.4 Å². The summed E-state index contributed by atoms with van der Waals surface area (Å²) >= 11 is 1.37. The number of amides is 1. The normalized spacial score (nSPS) is 12.0. The van der Waals surface area contributed by atoms with E-state index in [9.17, 15) is 9.59 Å². The average molecular weight is 395 g/mol. The maximum atomic E-state index is 12.7. The summed E-state index contributed by atoms with van der Waals surface area (Å²) in [5.41, 5.74) is 0.422. The van der Waals surface area contributed by atoms with Crippen molar-refractivity contribution >= 4 is 17.2 Å². The van der Waals surface area contributed by atoms with Gasteiger partial charge in [-0.1, -0.05) is 30.3 Å². The van der Waals surface area contributed by atoms with Crippen LogP contribution in [-0.2, 0) is 18.4 Å². The zero-order valence-corrected chi connectivity index (χ0v) is 15.8. The highest BCUT2D eigenvalue weighted by Gasteiger charge is 2.22. The predicted octanol–water partition coefficient (Wildman–Crippen LogP) is 1.13. The first-order chi connectivity index (χ1) is 13.6. The lowest BCUT2D eigenvalue weighted by molar-refractivity contribution is -0.122. The second-order valence-corrected chi connectivity index (χ2v) is 7.02. The maximum Gasteiger partial charge on any atom is 0.369 e. The van der Waals surface area contributed by atoms with E-state index in [2.05, 4.69) is 20.7 Å². The fourth-order valence-corrected chi connectivity index (χ4v) is 3.51. The number of nitrogens with one attached hydrogen (secondary N) is 1. The molecular weight excluding hydrogens is 378 g/mol. The van der Waals surface area contributed by atoms with Crippen molar-refractivity contribution in [3.05, 3.63) is 82.1 Å². The van der Waals surface area contributed by atoms with Crippen molar-refractivity contribution in [1.29, 1.82) is 0 Å². The lowest BCUT2D eigenvalue weighted by atomic mass is 10.1. The van der Waals surface area contributed by atoms with Crippen LogP contribution in [0.4, 0.5) is 0 Å². The van der Waals surface area contributed by atoms with Crippen molar-refractivity contribution in [2.45, 2.75) is 12.6 Å². The van der Waals surface area contributed by atoms with E-state index in [0.29, 0.717) is 10.8 Å². The van der Waals surface area contributed by atoms with E-state index in [1.807, 2.05) is 59.6 Å². The van der Waals surface area contributed by atoms with Crippen LogP contribution in [0.2, 0.25) is 0 Å². The van der Waals surface area contributed by atoms with E-state index in [0.717, 1.165) is 10.2 Å². The smallest absolute Gasteiger partial charge is 0.340 e. The van der Waals surface area contributed by atoms with E-state index in [-0.39, 0.29) is 12.5 Å². The Hall–Kier alpha value is -3.53. The molecule has 0 aliphatic heterocycles. The lowest BCUT2D eigenvalue weighted by Gasteiger charge is -2.19. The Morgan fingerprint density at radius 2 is 2.00 bits per heavy atom. The summed E-state index contributed by atoms with van der Waals surface area (Å²) in [6.07, 6.45) is 3.49. The highest BCUT2D eigenvalue weighted by atomic mass is 32.1. The van der Waals surface area contributed by atoms with E-state index in [4.69, 9.17) is 0 Å². The lowest BCUT2D eigenvalue weighted by Crippen LogP contribution is -2.36. The number of hydrogen-bond acceptors (Lipinski definition) is 6. The summed E-state index contributed by atoms with van der Waals surface area (Å²) in [4.78, 5) is 29.5. The number of benzene rings is 1. The fourth-order valence-electron chi connectivity index (χ4n) is 2.84. The molecule has 1 unspecified atom stereocenters. The molecule has 0 fully saturated rings. The molecule has 4 aromatic rings. The van der Waals surface area contributed by atoms with Gasteiger partial charge in [-0.15, -0.1) is 11.3 Å². The van der Waals surface area contributed by atoms with Crippen LogP contribution in [-0.4, -0.2) is 35.2 Å². The molecule has 28 heavy (non-hydrogen) atoms. The first-order valence-corrected chi connectivity index (χ1v) is 9.39. The van der Waals surface area contributed by atoms with Crippen LogP contribution in [0.25, 0.3) is 5.00 Å². The Bertz CT molecular complexity index is 1130. The molecule has 1 N–H and O–H groups in total.